The van der Waals surface area contributed by atoms with Crippen molar-refractivity contribution in [3.8, 4) is 5.75 Å². The highest BCUT2D eigenvalue weighted by molar-refractivity contribution is 7.10. The van der Waals surface area contributed by atoms with E-state index in [2.05, 4.69) is 25.3 Å². The second kappa shape index (κ2) is 11.1. The Hall–Kier alpha value is -2.77. The number of hydrogen-bond donors (Lipinski definition) is 0. The van der Waals surface area contributed by atoms with Gasteiger partial charge in [-0.15, -0.1) is 11.3 Å². The number of carbonyl (C=O) groups is 2. The van der Waals surface area contributed by atoms with Crippen molar-refractivity contribution in [2.75, 3.05) is 26.2 Å². The van der Waals surface area contributed by atoms with Gasteiger partial charge in [0, 0.05) is 23.0 Å². The van der Waals surface area contributed by atoms with Gasteiger partial charge in [0.2, 0.25) is 5.91 Å². The molecular weight excluding hydrogens is 472 g/mol. The summed E-state index contributed by atoms with van der Waals surface area (Å²) < 4.78 is 11.4. The highest BCUT2D eigenvalue weighted by atomic mass is 35.5. The van der Waals surface area contributed by atoms with Crippen LogP contribution in [0.1, 0.15) is 47.3 Å². The SMILES string of the molecule is CC(C)CCN(CC(=O)N1CCc2sccc2[C@H]1COc1ccc(Cl)cc1)C(=O)c1ccco1. The van der Waals surface area contributed by atoms with Crippen molar-refractivity contribution in [2.24, 2.45) is 5.92 Å². The lowest BCUT2D eigenvalue weighted by molar-refractivity contribution is -0.135. The first-order valence-electron chi connectivity index (χ1n) is 11.5. The Morgan fingerprint density at radius 2 is 2.03 bits per heavy atom. The molecule has 0 bridgehead atoms. The van der Waals surface area contributed by atoms with Crippen LogP contribution < -0.4 is 4.74 Å². The molecule has 0 radical (unpaired) electrons. The van der Waals surface area contributed by atoms with Crippen molar-refractivity contribution in [1.82, 2.24) is 9.80 Å². The molecule has 0 saturated heterocycles. The van der Waals surface area contributed by atoms with Crippen LogP contribution in [0.3, 0.4) is 0 Å². The van der Waals surface area contributed by atoms with E-state index in [1.165, 1.54) is 11.1 Å². The summed E-state index contributed by atoms with van der Waals surface area (Å²) in [6.07, 6.45) is 3.08. The number of halogens is 1. The predicted molar refractivity (Wildman–Crippen MR) is 133 cm³/mol. The summed E-state index contributed by atoms with van der Waals surface area (Å²) >= 11 is 7.69. The van der Waals surface area contributed by atoms with Gasteiger partial charge in [0.25, 0.3) is 5.91 Å². The van der Waals surface area contributed by atoms with Crippen molar-refractivity contribution in [3.05, 3.63) is 75.3 Å². The molecule has 6 nitrogen and oxygen atoms in total. The number of furan rings is 1. The van der Waals surface area contributed by atoms with Gasteiger partial charge < -0.3 is 19.0 Å². The molecule has 34 heavy (non-hydrogen) atoms. The van der Waals surface area contributed by atoms with E-state index >= 15 is 0 Å². The molecule has 0 spiro atoms. The fourth-order valence-electron chi connectivity index (χ4n) is 4.06. The summed E-state index contributed by atoms with van der Waals surface area (Å²) in [4.78, 5) is 31.3. The highest BCUT2D eigenvalue weighted by Gasteiger charge is 2.34. The molecule has 8 heteroatoms. The molecule has 1 aromatic carbocycles. The predicted octanol–water partition coefficient (Wildman–Crippen LogP) is 5.69. The number of thiophene rings is 1. The summed E-state index contributed by atoms with van der Waals surface area (Å²) in [6.45, 7) is 5.62. The molecule has 1 aliphatic rings. The van der Waals surface area contributed by atoms with Crippen LogP contribution in [-0.4, -0.2) is 47.9 Å². The van der Waals surface area contributed by atoms with Crippen molar-refractivity contribution in [3.63, 3.8) is 0 Å². The van der Waals surface area contributed by atoms with Gasteiger partial charge in [-0.05, 0) is 72.2 Å². The lowest BCUT2D eigenvalue weighted by Crippen LogP contribution is -2.48. The second-order valence-corrected chi connectivity index (χ2v) is 10.2. The van der Waals surface area contributed by atoms with Crippen LogP contribution in [0.4, 0.5) is 0 Å². The van der Waals surface area contributed by atoms with E-state index in [9.17, 15) is 9.59 Å². The minimum atomic E-state index is -0.263. The number of carbonyl (C=O) groups excluding carboxylic acids is 2. The Bertz CT molecular complexity index is 1090. The number of hydrogen-bond acceptors (Lipinski definition) is 5. The Kier molecular flexibility index (Phi) is 7.95. The molecule has 0 saturated carbocycles. The monoisotopic (exact) mass is 500 g/mol. The van der Waals surface area contributed by atoms with Crippen molar-refractivity contribution >= 4 is 34.8 Å². The Labute approximate surface area is 209 Å². The number of rotatable bonds is 9. The molecule has 2 aromatic heterocycles. The largest absolute Gasteiger partial charge is 0.491 e. The van der Waals surface area contributed by atoms with Gasteiger partial charge in [-0.3, -0.25) is 9.59 Å². The minimum Gasteiger partial charge on any atom is -0.491 e. The quantitative estimate of drug-likeness (QED) is 0.378. The van der Waals surface area contributed by atoms with Crippen LogP contribution in [-0.2, 0) is 11.2 Å². The number of nitrogens with zero attached hydrogens (tertiary/aromatic N) is 2. The minimum absolute atomic E-state index is 0.00314. The smallest absolute Gasteiger partial charge is 0.290 e. The van der Waals surface area contributed by atoms with Crippen molar-refractivity contribution in [2.45, 2.75) is 32.7 Å². The van der Waals surface area contributed by atoms with Crippen LogP contribution in [0.15, 0.2) is 58.5 Å². The Morgan fingerprint density at radius 1 is 1.24 bits per heavy atom. The molecule has 0 fully saturated rings. The van der Waals surface area contributed by atoms with Gasteiger partial charge in [0.1, 0.15) is 18.9 Å². The first kappa shape index (κ1) is 24.4. The van der Waals surface area contributed by atoms with Crippen LogP contribution >= 0.6 is 22.9 Å². The molecule has 2 amide bonds. The lowest BCUT2D eigenvalue weighted by Gasteiger charge is -2.37. The molecule has 180 valence electrons. The molecule has 0 unspecified atom stereocenters. The van der Waals surface area contributed by atoms with E-state index < -0.39 is 0 Å². The summed E-state index contributed by atoms with van der Waals surface area (Å²) in [5.41, 5.74) is 1.12. The van der Waals surface area contributed by atoms with E-state index in [1.54, 1.807) is 40.5 Å². The number of ether oxygens (including phenoxy) is 1. The summed E-state index contributed by atoms with van der Waals surface area (Å²) in [6, 6.07) is 12.4. The van der Waals surface area contributed by atoms with Gasteiger partial charge >= 0.3 is 0 Å². The maximum absolute atomic E-state index is 13.6. The van der Waals surface area contributed by atoms with E-state index in [0.717, 1.165) is 18.4 Å². The van der Waals surface area contributed by atoms with E-state index in [-0.39, 0.29) is 30.2 Å². The maximum Gasteiger partial charge on any atom is 0.290 e. The Balaban J connectivity index is 1.51. The van der Waals surface area contributed by atoms with Gasteiger partial charge in [-0.1, -0.05) is 25.4 Å². The van der Waals surface area contributed by atoms with E-state index in [0.29, 0.717) is 36.4 Å². The molecule has 0 N–H and O–H groups in total. The lowest BCUT2D eigenvalue weighted by atomic mass is 10.0. The van der Waals surface area contributed by atoms with Gasteiger partial charge in [0.05, 0.1) is 12.3 Å². The first-order valence-corrected chi connectivity index (χ1v) is 12.7. The fraction of sp³-hybridized carbons (Fsp3) is 0.385. The second-order valence-electron chi connectivity index (χ2n) is 8.80. The van der Waals surface area contributed by atoms with Gasteiger partial charge in [0.15, 0.2) is 5.76 Å². The molecule has 3 aromatic rings. The molecule has 3 heterocycles. The molecule has 0 aliphatic carbocycles. The number of amides is 2. The first-order chi connectivity index (χ1) is 16.4. The third-order valence-corrected chi connectivity index (χ3v) is 7.21. The van der Waals surface area contributed by atoms with Gasteiger partial charge in [-0.2, -0.15) is 0 Å². The average Bonchev–Trinajstić information content (AvgIpc) is 3.53. The van der Waals surface area contributed by atoms with Crippen LogP contribution in [0.25, 0.3) is 0 Å². The zero-order chi connectivity index (χ0) is 24.1. The average molecular weight is 501 g/mol. The van der Waals surface area contributed by atoms with E-state index in [1.807, 2.05) is 17.0 Å². The Morgan fingerprint density at radius 3 is 2.74 bits per heavy atom. The molecule has 1 aliphatic heterocycles. The van der Waals surface area contributed by atoms with Crippen molar-refractivity contribution < 1.29 is 18.7 Å². The molecule has 1 atom stereocenters. The summed E-state index contributed by atoms with van der Waals surface area (Å²) in [5.74, 6) is 1.00. The van der Waals surface area contributed by atoms with Crippen LogP contribution in [0.2, 0.25) is 5.02 Å². The standard InChI is InChI=1S/C26H29ClN2O4S/c1-18(2)9-12-28(26(31)23-4-3-14-32-23)16-25(30)29-13-10-24-21(11-15-34-24)22(29)17-33-20-7-5-19(27)6-8-20/h3-8,11,14-15,18,22H,9-10,12-13,16-17H2,1-2H3/t22-/m1/s1. The molecular formula is C26H29ClN2O4S. The van der Waals surface area contributed by atoms with Crippen molar-refractivity contribution in [1.29, 1.82) is 0 Å². The molecule has 4 rings (SSSR count). The zero-order valence-electron chi connectivity index (χ0n) is 19.4. The summed E-state index contributed by atoms with van der Waals surface area (Å²) in [7, 11) is 0. The fourth-order valence-corrected chi connectivity index (χ4v) is 5.11. The third kappa shape index (κ3) is 5.83. The van der Waals surface area contributed by atoms with Crippen LogP contribution in [0, 0.1) is 5.92 Å². The van der Waals surface area contributed by atoms with Crippen LogP contribution in [0.5, 0.6) is 5.75 Å². The third-order valence-electron chi connectivity index (χ3n) is 5.96. The zero-order valence-corrected chi connectivity index (χ0v) is 21.0. The van der Waals surface area contributed by atoms with E-state index in [4.69, 9.17) is 20.8 Å². The summed E-state index contributed by atoms with van der Waals surface area (Å²) in [5, 5.41) is 2.70. The topological polar surface area (TPSA) is 63.0 Å². The number of fused-ring (bicyclic) bond motifs is 1. The normalized spacial score (nSPS) is 15.3. The highest BCUT2D eigenvalue weighted by Crippen LogP contribution is 2.34. The van der Waals surface area contributed by atoms with Gasteiger partial charge in [-0.25, -0.2) is 0 Å². The maximum atomic E-state index is 13.6. The number of benzene rings is 1.